The van der Waals surface area contributed by atoms with Gasteiger partial charge in [-0.1, -0.05) is 25.4 Å². The van der Waals surface area contributed by atoms with Gasteiger partial charge >= 0.3 is 5.97 Å². The molecule has 2 heterocycles. The Labute approximate surface area is 134 Å². The number of hydrogen-bond donors (Lipinski definition) is 2. The smallest absolute Gasteiger partial charge is 0.307 e. The summed E-state index contributed by atoms with van der Waals surface area (Å²) in [5, 5.41) is 13.1. The van der Waals surface area contributed by atoms with E-state index in [2.05, 4.69) is 19.2 Å². The van der Waals surface area contributed by atoms with Crippen LogP contribution in [-0.4, -0.2) is 30.8 Å². The summed E-state index contributed by atoms with van der Waals surface area (Å²) in [6, 6.07) is 1.72. The molecule has 2 atom stereocenters. The lowest BCUT2D eigenvalue weighted by atomic mass is 9.89. The Morgan fingerprint density at radius 2 is 2.14 bits per heavy atom. The van der Waals surface area contributed by atoms with E-state index in [1.165, 1.54) is 0 Å². The van der Waals surface area contributed by atoms with Gasteiger partial charge in [-0.25, -0.2) is 0 Å². The minimum Gasteiger partial charge on any atom is -0.486 e. The second-order valence-electron chi connectivity index (χ2n) is 6.10. The quantitative estimate of drug-likeness (QED) is 0.894. The summed E-state index contributed by atoms with van der Waals surface area (Å²) in [6.45, 7) is 5.66. The van der Waals surface area contributed by atoms with Gasteiger partial charge in [0.05, 0.1) is 5.92 Å². The number of carboxylic acids is 1. The standard InChI is InChI=1S/C16H20ClNO4/c1-8(2)13-14(11-5-9(7-18-11)16(19)20)10(17)6-12-15(13)22-4-3-21-12/h6,8-9,11,18H,3-5,7H2,1-2H3,(H,19,20). The van der Waals surface area contributed by atoms with E-state index in [0.717, 1.165) is 16.9 Å². The molecule has 3 rings (SSSR count). The summed E-state index contributed by atoms with van der Waals surface area (Å²) >= 11 is 6.49. The van der Waals surface area contributed by atoms with Crippen molar-refractivity contribution in [2.45, 2.75) is 32.2 Å². The lowest BCUT2D eigenvalue weighted by Gasteiger charge is -2.28. The Kier molecular flexibility index (Phi) is 4.19. The fourth-order valence-corrected chi connectivity index (χ4v) is 3.60. The number of rotatable bonds is 3. The Bertz CT molecular complexity index is 602. The molecule has 0 amide bonds. The third-order valence-electron chi connectivity index (χ3n) is 4.27. The van der Waals surface area contributed by atoms with Crippen LogP contribution in [-0.2, 0) is 4.79 Å². The van der Waals surface area contributed by atoms with Crippen LogP contribution in [0.3, 0.4) is 0 Å². The zero-order chi connectivity index (χ0) is 15.9. The maximum atomic E-state index is 11.2. The minimum absolute atomic E-state index is 0.0678. The summed E-state index contributed by atoms with van der Waals surface area (Å²) in [4.78, 5) is 11.2. The van der Waals surface area contributed by atoms with Gasteiger partial charge in [-0.3, -0.25) is 4.79 Å². The van der Waals surface area contributed by atoms with Crippen LogP contribution in [0.4, 0.5) is 0 Å². The Morgan fingerprint density at radius 3 is 2.77 bits per heavy atom. The third kappa shape index (κ3) is 2.63. The van der Waals surface area contributed by atoms with Crippen molar-refractivity contribution in [1.82, 2.24) is 5.32 Å². The average molecular weight is 326 g/mol. The predicted octanol–water partition coefficient (Wildman–Crippen LogP) is 2.97. The molecule has 0 spiro atoms. The van der Waals surface area contributed by atoms with Gasteiger partial charge in [-0.15, -0.1) is 0 Å². The lowest BCUT2D eigenvalue weighted by molar-refractivity contribution is -0.141. The third-order valence-corrected chi connectivity index (χ3v) is 4.58. The summed E-state index contributed by atoms with van der Waals surface area (Å²) in [5.74, 6) is 0.483. The Hall–Kier alpha value is -1.46. The van der Waals surface area contributed by atoms with Crippen molar-refractivity contribution in [2.75, 3.05) is 19.8 Å². The molecule has 0 aliphatic carbocycles. The number of benzene rings is 1. The van der Waals surface area contributed by atoms with Crippen LogP contribution < -0.4 is 14.8 Å². The molecule has 22 heavy (non-hydrogen) atoms. The molecular formula is C16H20ClNO4. The number of nitrogens with one attached hydrogen (secondary N) is 1. The van der Waals surface area contributed by atoms with E-state index in [9.17, 15) is 9.90 Å². The first-order valence-corrected chi connectivity index (χ1v) is 7.95. The van der Waals surface area contributed by atoms with E-state index in [-0.39, 0.29) is 17.9 Å². The monoisotopic (exact) mass is 325 g/mol. The highest BCUT2D eigenvalue weighted by Gasteiger charge is 2.35. The molecule has 0 radical (unpaired) electrons. The molecule has 2 aliphatic rings. The minimum atomic E-state index is -0.769. The molecule has 0 saturated carbocycles. The van der Waals surface area contributed by atoms with Crippen LogP contribution in [0.2, 0.25) is 5.02 Å². The number of aliphatic carboxylic acids is 1. The number of fused-ring (bicyclic) bond motifs is 1. The van der Waals surface area contributed by atoms with Crippen molar-refractivity contribution in [3.05, 3.63) is 22.2 Å². The first-order chi connectivity index (χ1) is 10.5. The van der Waals surface area contributed by atoms with Crippen LogP contribution in [0.5, 0.6) is 11.5 Å². The largest absolute Gasteiger partial charge is 0.486 e. The maximum Gasteiger partial charge on any atom is 0.307 e. The van der Waals surface area contributed by atoms with E-state index in [0.29, 0.717) is 37.0 Å². The van der Waals surface area contributed by atoms with E-state index in [4.69, 9.17) is 21.1 Å². The average Bonchev–Trinajstić information content (AvgIpc) is 2.95. The summed E-state index contributed by atoms with van der Waals surface area (Å²) < 4.78 is 11.5. The van der Waals surface area contributed by atoms with Crippen LogP contribution in [0, 0.1) is 5.92 Å². The summed E-state index contributed by atoms with van der Waals surface area (Å²) in [6.07, 6.45) is 0.536. The van der Waals surface area contributed by atoms with E-state index in [1.54, 1.807) is 6.07 Å². The van der Waals surface area contributed by atoms with Crippen molar-refractivity contribution in [3.63, 3.8) is 0 Å². The number of carboxylic acid groups (broad SMARTS) is 1. The Morgan fingerprint density at radius 1 is 1.41 bits per heavy atom. The molecule has 1 aromatic rings. The van der Waals surface area contributed by atoms with Crippen LogP contribution >= 0.6 is 11.6 Å². The van der Waals surface area contributed by atoms with Crippen molar-refractivity contribution in [3.8, 4) is 11.5 Å². The van der Waals surface area contributed by atoms with E-state index in [1.807, 2.05) is 0 Å². The van der Waals surface area contributed by atoms with Gasteiger partial charge in [0.1, 0.15) is 13.2 Å². The molecule has 2 aliphatic heterocycles. The van der Waals surface area contributed by atoms with Crippen molar-refractivity contribution in [2.24, 2.45) is 5.92 Å². The van der Waals surface area contributed by atoms with Gasteiger partial charge in [0.25, 0.3) is 0 Å². The number of ether oxygens (including phenoxy) is 2. The molecule has 5 nitrogen and oxygen atoms in total. The molecule has 0 bridgehead atoms. The van der Waals surface area contributed by atoms with Crippen LogP contribution in [0.1, 0.15) is 43.4 Å². The molecule has 1 fully saturated rings. The van der Waals surface area contributed by atoms with Crippen molar-refractivity contribution >= 4 is 17.6 Å². The van der Waals surface area contributed by atoms with E-state index >= 15 is 0 Å². The first kappa shape index (κ1) is 15.4. The maximum absolute atomic E-state index is 11.2. The second-order valence-corrected chi connectivity index (χ2v) is 6.50. The van der Waals surface area contributed by atoms with Crippen LogP contribution in [0.25, 0.3) is 0 Å². The topological polar surface area (TPSA) is 67.8 Å². The normalized spacial score (nSPS) is 23.8. The van der Waals surface area contributed by atoms with Gasteiger partial charge < -0.3 is 19.9 Å². The summed E-state index contributed by atoms with van der Waals surface area (Å²) in [5.41, 5.74) is 1.97. The Balaban J connectivity index is 2.05. The highest BCUT2D eigenvalue weighted by molar-refractivity contribution is 6.31. The zero-order valence-electron chi connectivity index (χ0n) is 12.7. The van der Waals surface area contributed by atoms with Crippen molar-refractivity contribution in [1.29, 1.82) is 0 Å². The molecule has 2 N–H and O–H groups in total. The van der Waals surface area contributed by atoms with E-state index < -0.39 is 5.97 Å². The highest BCUT2D eigenvalue weighted by atomic mass is 35.5. The SMILES string of the molecule is CC(C)c1c2c(cc(Cl)c1C1CC(C(=O)O)CN1)OCCO2. The molecule has 0 aromatic heterocycles. The summed E-state index contributed by atoms with van der Waals surface area (Å²) in [7, 11) is 0. The van der Waals surface area contributed by atoms with Gasteiger partial charge in [0, 0.05) is 29.2 Å². The fourth-order valence-electron chi connectivity index (χ4n) is 3.26. The number of carbonyl (C=O) groups is 1. The molecule has 6 heteroatoms. The highest BCUT2D eigenvalue weighted by Crippen LogP contribution is 2.47. The number of hydrogen-bond acceptors (Lipinski definition) is 4. The van der Waals surface area contributed by atoms with Gasteiger partial charge in [-0.05, 0) is 17.9 Å². The predicted molar refractivity (Wildman–Crippen MR) is 83.0 cm³/mol. The van der Waals surface area contributed by atoms with Gasteiger partial charge in [0.2, 0.25) is 0 Å². The molecule has 1 aromatic carbocycles. The van der Waals surface area contributed by atoms with Gasteiger partial charge in [-0.2, -0.15) is 0 Å². The molecule has 120 valence electrons. The fraction of sp³-hybridized carbons (Fsp3) is 0.562. The van der Waals surface area contributed by atoms with Crippen LogP contribution in [0.15, 0.2) is 6.07 Å². The number of halogens is 1. The first-order valence-electron chi connectivity index (χ1n) is 7.57. The molecule has 1 saturated heterocycles. The lowest BCUT2D eigenvalue weighted by Crippen LogP contribution is -2.21. The second kappa shape index (κ2) is 5.97. The molecular weight excluding hydrogens is 306 g/mol. The zero-order valence-corrected chi connectivity index (χ0v) is 13.4. The van der Waals surface area contributed by atoms with Gasteiger partial charge in [0.15, 0.2) is 11.5 Å². The molecule has 2 unspecified atom stereocenters. The van der Waals surface area contributed by atoms with Crippen molar-refractivity contribution < 1.29 is 19.4 Å².